The van der Waals surface area contributed by atoms with E-state index in [1.54, 1.807) is 0 Å². The van der Waals surface area contributed by atoms with Crippen LogP contribution in [0.5, 0.6) is 0 Å². The van der Waals surface area contributed by atoms with Crippen LogP contribution in [0, 0.1) is 35.5 Å². The van der Waals surface area contributed by atoms with Crippen LogP contribution in [0.1, 0.15) is 72.6 Å². The summed E-state index contributed by atoms with van der Waals surface area (Å²) in [7, 11) is 0. The molecular formula is C29H40O4. The molecule has 0 saturated heterocycles. The van der Waals surface area contributed by atoms with Crippen LogP contribution in [0.25, 0.3) is 0 Å². The summed E-state index contributed by atoms with van der Waals surface area (Å²) in [5, 5.41) is 0. The second-order valence-corrected chi connectivity index (χ2v) is 10.4. The topological polar surface area (TPSA) is 52.6 Å². The molecule has 4 nitrogen and oxygen atoms in total. The number of hydrogen-bond acceptors (Lipinski definition) is 4. The van der Waals surface area contributed by atoms with Gasteiger partial charge in [0, 0.05) is 11.8 Å². The highest BCUT2D eigenvalue weighted by molar-refractivity contribution is 5.84. The molecule has 2 bridgehead atoms. The highest BCUT2D eigenvalue weighted by Crippen LogP contribution is 2.54. The largest absolute Gasteiger partial charge is 0.454 e. The van der Waals surface area contributed by atoms with Crippen LogP contribution in [0.15, 0.2) is 48.6 Å². The Bertz CT molecular complexity index is 797. The molecule has 0 aromatic rings. The fraction of sp³-hybridized carbons (Fsp3) is 0.655. The van der Waals surface area contributed by atoms with Crippen molar-refractivity contribution in [2.75, 3.05) is 0 Å². The van der Waals surface area contributed by atoms with Gasteiger partial charge in [0.15, 0.2) is 0 Å². The summed E-state index contributed by atoms with van der Waals surface area (Å²) in [6.45, 7) is 8.41. The van der Waals surface area contributed by atoms with Crippen molar-refractivity contribution in [2.24, 2.45) is 35.5 Å². The number of allylic oxidation sites excluding steroid dienone is 4. The Balaban J connectivity index is 1.56. The molecular weight excluding hydrogens is 412 g/mol. The zero-order chi connectivity index (χ0) is 23.6. The van der Waals surface area contributed by atoms with Crippen molar-refractivity contribution >= 4 is 11.9 Å². The van der Waals surface area contributed by atoms with Crippen molar-refractivity contribution in [2.45, 2.75) is 83.8 Å². The lowest BCUT2D eigenvalue weighted by Crippen LogP contribution is -2.47. The lowest BCUT2D eigenvalue weighted by Gasteiger charge is -2.41. The predicted molar refractivity (Wildman–Crippen MR) is 130 cm³/mol. The van der Waals surface area contributed by atoms with Gasteiger partial charge in [-0.25, -0.2) is 0 Å². The number of hydrogen-bond donors (Lipinski definition) is 0. The maximum atomic E-state index is 13.7. The van der Waals surface area contributed by atoms with Crippen molar-refractivity contribution < 1.29 is 19.1 Å². The summed E-state index contributed by atoms with van der Waals surface area (Å²) < 4.78 is 12.6. The van der Waals surface area contributed by atoms with Gasteiger partial charge in [0.1, 0.15) is 11.2 Å². The summed E-state index contributed by atoms with van der Waals surface area (Å²) in [6.07, 6.45) is 22.6. The van der Waals surface area contributed by atoms with Gasteiger partial charge in [-0.3, -0.25) is 9.59 Å². The summed E-state index contributed by atoms with van der Waals surface area (Å²) in [5.74, 6) is -0.442. The third kappa shape index (κ3) is 4.15. The molecule has 0 radical (unpaired) electrons. The smallest absolute Gasteiger partial charge is 0.310 e. The molecule has 0 aliphatic heterocycles. The van der Waals surface area contributed by atoms with Crippen LogP contribution in [0.4, 0.5) is 0 Å². The molecule has 0 heterocycles. The van der Waals surface area contributed by atoms with E-state index in [0.717, 1.165) is 44.9 Å². The van der Waals surface area contributed by atoms with Gasteiger partial charge in [-0.2, -0.15) is 0 Å². The summed E-state index contributed by atoms with van der Waals surface area (Å²) in [5.41, 5.74) is -1.24. The Kier molecular flexibility index (Phi) is 7.02. The number of carbonyl (C=O) groups is 2. The lowest BCUT2D eigenvalue weighted by atomic mass is 9.76. The van der Waals surface area contributed by atoms with Gasteiger partial charge < -0.3 is 9.47 Å². The van der Waals surface area contributed by atoms with Crippen LogP contribution in [0.2, 0.25) is 0 Å². The molecule has 4 rings (SSSR count). The summed E-state index contributed by atoms with van der Waals surface area (Å²) in [4.78, 5) is 27.4. The average Bonchev–Trinajstić information content (AvgIpc) is 3.46. The van der Waals surface area contributed by atoms with Gasteiger partial charge >= 0.3 is 11.9 Å². The third-order valence-corrected chi connectivity index (χ3v) is 8.95. The molecule has 4 heteroatoms. The van der Waals surface area contributed by atoms with E-state index in [4.69, 9.17) is 9.47 Å². The van der Waals surface area contributed by atoms with Crippen LogP contribution in [0.3, 0.4) is 0 Å². The van der Waals surface area contributed by atoms with Gasteiger partial charge in [0.25, 0.3) is 0 Å². The van der Waals surface area contributed by atoms with Gasteiger partial charge in [-0.1, -0.05) is 64.2 Å². The van der Waals surface area contributed by atoms with E-state index in [2.05, 4.69) is 39.8 Å². The van der Waals surface area contributed by atoms with Crippen LogP contribution in [-0.4, -0.2) is 23.1 Å². The van der Waals surface area contributed by atoms with Crippen molar-refractivity contribution in [1.82, 2.24) is 0 Å². The first-order chi connectivity index (χ1) is 15.9. The highest BCUT2D eigenvalue weighted by atomic mass is 16.6. The number of rotatable bonds is 8. The molecule has 8 unspecified atom stereocenters. The van der Waals surface area contributed by atoms with E-state index >= 15 is 0 Å². The Morgan fingerprint density at radius 2 is 1.15 bits per heavy atom. The molecule has 4 aliphatic carbocycles. The number of esters is 2. The normalized spacial score (nSPS) is 40.8. The molecule has 0 aromatic carbocycles. The maximum absolute atomic E-state index is 13.7. The van der Waals surface area contributed by atoms with Gasteiger partial charge in [0.2, 0.25) is 0 Å². The number of carbonyl (C=O) groups excluding carboxylic acids is 2. The molecule has 2 saturated carbocycles. The Morgan fingerprint density at radius 3 is 1.52 bits per heavy atom. The van der Waals surface area contributed by atoms with Crippen LogP contribution in [-0.2, 0) is 19.1 Å². The first-order valence-electron chi connectivity index (χ1n) is 13.1. The zero-order valence-electron chi connectivity index (χ0n) is 20.7. The molecule has 33 heavy (non-hydrogen) atoms. The quantitative estimate of drug-likeness (QED) is 0.403. The fourth-order valence-corrected chi connectivity index (χ4v) is 6.97. The molecule has 4 aliphatic rings. The minimum Gasteiger partial charge on any atom is -0.454 e. The SMILES string of the molecule is CCC1C=CC=CC1(CC)OC(=O)C1C2CCC(C2)C1C(=O)OC1(CC)C=CC=CC1CC. The first kappa shape index (κ1) is 24.0. The minimum absolute atomic E-state index is 0.160. The Labute approximate surface area is 199 Å². The first-order valence-corrected chi connectivity index (χ1v) is 13.1. The zero-order valence-corrected chi connectivity index (χ0v) is 20.7. The summed E-state index contributed by atoms with van der Waals surface area (Å²) in [6, 6.07) is 0. The van der Waals surface area contributed by atoms with E-state index in [0.29, 0.717) is 0 Å². The lowest BCUT2D eigenvalue weighted by molar-refractivity contribution is -0.180. The van der Waals surface area contributed by atoms with Crippen LogP contribution >= 0.6 is 0 Å². The van der Waals surface area contributed by atoms with Crippen molar-refractivity contribution in [3.63, 3.8) is 0 Å². The second-order valence-electron chi connectivity index (χ2n) is 10.4. The number of fused-ring (bicyclic) bond motifs is 2. The molecule has 0 N–H and O–H groups in total. The van der Waals surface area contributed by atoms with Crippen molar-refractivity contribution in [3.05, 3.63) is 48.6 Å². The molecule has 0 aromatic heterocycles. The predicted octanol–water partition coefficient (Wildman–Crippen LogP) is 6.34. The van der Waals surface area contributed by atoms with E-state index in [1.807, 2.05) is 36.5 Å². The number of ether oxygens (including phenoxy) is 2. The van der Waals surface area contributed by atoms with E-state index in [1.165, 1.54) is 0 Å². The molecule has 0 spiro atoms. The second kappa shape index (κ2) is 9.64. The van der Waals surface area contributed by atoms with Crippen LogP contribution < -0.4 is 0 Å². The van der Waals surface area contributed by atoms with E-state index in [-0.39, 0.29) is 35.6 Å². The molecule has 0 amide bonds. The van der Waals surface area contributed by atoms with E-state index in [9.17, 15) is 9.59 Å². The highest BCUT2D eigenvalue weighted by Gasteiger charge is 2.57. The van der Waals surface area contributed by atoms with Crippen molar-refractivity contribution in [3.8, 4) is 0 Å². The fourth-order valence-electron chi connectivity index (χ4n) is 6.97. The third-order valence-electron chi connectivity index (χ3n) is 8.95. The van der Waals surface area contributed by atoms with Gasteiger partial charge in [0.05, 0.1) is 11.8 Å². The van der Waals surface area contributed by atoms with Gasteiger partial charge in [-0.05, 0) is 68.9 Å². The Hall–Kier alpha value is -2.10. The molecule has 180 valence electrons. The monoisotopic (exact) mass is 452 g/mol. The minimum atomic E-state index is -0.619. The van der Waals surface area contributed by atoms with Gasteiger partial charge in [-0.15, -0.1) is 0 Å². The summed E-state index contributed by atoms with van der Waals surface area (Å²) >= 11 is 0. The molecule has 2 fully saturated rings. The average molecular weight is 453 g/mol. The maximum Gasteiger partial charge on any atom is 0.310 e. The Morgan fingerprint density at radius 1 is 0.727 bits per heavy atom. The standard InChI is InChI=1S/C29H40O4/c1-5-22-13-9-11-17-28(22,7-3)32-26(30)24-20-15-16-21(19-20)25(24)27(31)33-29(8-4)18-12-10-14-23(29)6-2/h9-14,17-18,20-25H,5-8,15-16,19H2,1-4H3. The van der Waals surface area contributed by atoms with Crippen molar-refractivity contribution in [1.29, 1.82) is 0 Å². The van der Waals surface area contributed by atoms with E-state index < -0.39 is 23.0 Å². The molecule has 8 atom stereocenters.